The summed E-state index contributed by atoms with van der Waals surface area (Å²) in [5.41, 5.74) is 3.30. The van der Waals surface area contributed by atoms with E-state index in [1.807, 2.05) is 6.07 Å². The normalized spacial score (nSPS) is 15.7. The molecule has 0 fully saturated rings. The molecule has 9 nitrogen and oxygen atoms in total. The van der Waals surface area contributed by atoms with E-state index in [0.717, 1.165) is 5.69 Å². The summed E-state index contributed by atoms with van der Waals surface area (Å²) in [4.78, 5) is 35.9. The van der Waals surface area contributed by atoms with E-state index in [9.17, 15) is 9.18 Å². The maximum absolute atomic E-state index is 13.7. The fraction of sp³-hybridized carbons (Fsp3) is 0.174. The number of nitrogens with one attached hydrogen (secondary N) is 1. The summed E-state index contributed by atoms with van der Waals surface area (Å²) in [5, 5.41) is 0. The Labute approximate surface area is 186 Å². The smallest absolute Gasteiger partial charge is 0.292 e. The molecule has 1 N–H and O–H groups in total. The molecule has 5 heterocycles. The molecule has 0 saturated heterocycles. The van der Waals surface area contributed by atoms with Gasteiger partial charge in [-0.1, -0.05) is 6.07 Å². The highest BCUT2D eigenvalue weighted by Crippen LogP contribution is 2.36. The van der Waals surface area contributed by atoms with Crippen LogP contribution in [0.15, 0.2) is 57.8 Å². The zero-order chi connectivity index (χ0) is 22.5. The molecule has 0 aliphatic carbocycles. The lowest BCUT2D eigenvalue weighted by Gasteiger charge is -2.32. The first-order chi connectivity index (χ1) is 16.1. The first kappa shape index (κ1) is 19.4. The number of hydrogen-bond acceptors (Lipinski definition) is 7. The predicted octanol–water partition coefficient (Wildman–Crippen LogP) is 3.84. The first-order valence-corrected chi connectivity index (χ1v) is 10.4. The maximum atomic E-state index is 13.7. The predicted molar refractivity (Wildman–Crippen MR) is 114 cm³/mol. The Morgan fingerprint density at radius 2 is 2.09 bits per heavy atom. The van der Waals surface area contributed by atoms with E-state index in [-0.39, 0.29) is 23.4 Å². The molecule has 10 heteroatoms. The topological polar surface area (TPSA) is 114 Å². The minimum absolute atomic E-state index is 0.113. The SMILES string of the molecule is Cc1nc(-c2ccccn2)oc1C(=O)N1CCc2[nH]cnc2[C@H]1c1nc2cc(F)ccc2o1. The number of fused-ring (bicyclic) bond motifs is 2. The third-order valence-corrected chi connectivity index (χ3v) is 5.66. The number of aromatic nitrogens is 5. The zero-order valence-corrected chi connectivity index (χ0v) is 17.4. The lowest BCUT2D eigenvalue weighted by atomic mass is 10.0. The summed E-state index contributed by atoms with van der Waals surface area (Å²) in [5.74, 6) is -0.156. The molecule has 1 aromatic carbocycles. The summed E-state index contributed by atoms with van der Waals surface area (Å²) in [6, 6.07) is 8.78. The molecule has 0 unspecified atom stereocenters. The van der Waals surface area contributed by atoms with E-state index >= 15 is 0 Å². The van der Waals surface area contributed by atoms with E-state index in [2.05, 4.69) is 24.9 Å². The second-order valence-corrected chi connectivity index (χ2v) is 7.73. The number of H-pyrrole nitrogens is 1. The molecule has 33 heavy (non-hydrogen) atoms. The molecule has 1 aliphatic rings. The van der Waals surface area contributed by atoms with Crippen molar-refractivity contribution >= 4 is 17.0 Å². The average Bonchev–Trinajstić information content (AvgIpc) is 3.56. The van der Waals surface area contributed by atoms with Gasteiger partial charge < -0.3 is 18.7 Å². The highest BCUT2D eigenvalue weighted by molar-refractivity contribution is 5.93. The van der Waals surface area contributed by atoms with E-state index in [0.29, 0.717) is 41.1 Å². The van der Waals surface area contributed by atoms with Crippen LogP contribution in [0.25, 0.3) is 22.7 Å². The molecule has 5 aromatic rings. The fourth-order valence-electron chi connectivity index (χ4n) is 4.10. The Balaban J connectivity index is 1.43. The summed E-state index contributed by atoms with van der Waals surface area (Å²) in [6.45, 7) is 2.09. The number of hydrogen-bond donors (Lipinski definition) is 1. The molecular formula is C23H17FN6O3. The highest BCUT2D eigenvalue weighted by Gasteiger charge is 2.39. The van der Waals surface area contributed by atoms with Crippen LogP contribution in [0.2, 0.25) is 0 Å². The Hall–Kier alpha value is -4.34. The molecule has 0 radical (unpaired) electrons. The highest BCUT2D eigenvalue weighted by atomic mass is 19.1. The molecule has 0 spiro atoms. The number of aryl methyl sites for hydroxylation is 1. The zero-order valence-electron chi connectivity index (χ0n) is 17.4. The van der Waals surface area contributed by atoms with E-state index < -0.39 is 11.9 Å². The van der Waals surface area contributed by atoms with Gasteiger partial charge in [0.2, 0.25) is 17.5 Å². The number of carbonyl (C=O) groups is 1. The molecule has 0 bridgehead atoms. The van der Waals surface area contributed by atoms with Crippen LogP contribution in [-0.2, 0) is 6.42 Å². The summed E-state index contributed by atoms with van der Waals surface area (Å²) in [6.07, 6.45) is 3.78. The second kappa shape index (κ2) is 7.37. The van der Waals surface area contributed by atoms with Gasteiger partial charge in [-0.3, -0.25) is 9.78 Å². The number of aromatic amines is 1. The molecule has 6 rings (SSSR count). The number of pyridine rings is 1. The van der Waals surface area contributed by atoms with E-state index in [1.54, 1.807) is 36.5 Å². The largest absolute Gasteiger partial charge is 0.438 e. The van der Waals surface area contributed by atoms with Gasteiger partial charge in [-0.15, -0.1) is 0 Å². The molecule has 1 atom stereocenters. The number of rotatable bonds is 3. The van der Waals surface area contributed by atoms with Crippen LogP contribution in [0.4, 0.5) is 4.39 Å². The van der Waals surface area contributed by atoms with Gasteiger partial charge in [-0.2, -0.15) is 0 Å². The number of halogens is 1. The third kappa shape index (κ3) is 3.18. The van der Waals surface area contributed by atoms with Crippen LogP contribution < -0.4 is 0 Å². The minimum atomic E-state index is -0.703. The number of benzene rings is 1. The van der Waals surface area contributed by atoms with Crippen molar-refractivity contribution < 1.29 is 18.0 Å². The van der Waals surface area contributed by atoms with Crippen LogP contribution in [0.5, 0.6) is 0 Å². The third-order valence-electron chi connectivity index (χ3n) is 5.66. The lowest BCUT2D eigenvalue weighted by Crippen LogP contribution is -2.41. The van der Waals surface area contributed by atoms with Crippen LogP contribution >= 0.6 is 0 Å². The number of imidazole rings is 1. The molecule has 1 aliphatic heterocycles. The standard InChI is InChI=1S/C23H17FN6O3/c1-12-20(33-21(28-12)15-4-2-3-8-25-15)23(31)30-9-7-14-18(27-11-26-14)19(30)22-29-16-10-13(24)5-6-17(16)32-22/h2-6,8,10-11,19H,7,9H2,1H3,(H,26,27)/t19-/m0/s1. The molecule has 0 saturated carbocycles. The van der Waals surface area contributed by atoms with Gasteiger partial charge in [0, 0.05) is 30.9 Å². The van der Waals surface area contributed by atoms with Gasteiger partial charge in [0.05, 0.1) is 17.7 Å². The van der Waals surface area contributed by atoms with Gasteiger partial charge >= 0.3 is 0 Å². The van der Waals surface area contributed by atoms with Crippen molar-refractivity contribution in [2.75, 3.05) is 6.54 Å². The fourth-order valence-corrected chi connectivity index (χ4v) is 4.10. The number of carbonyl (C=O) groups excluding carboxylic acids is 1. The number of amides is 1. The van der Waals surface area contributed by atoms with Crippen molar-refractivity contribution in [1.29, 1.82) is 0 Å². The van der Waals surface area contributed by atoms with Gasteiger partial charge in [-0.05, 0) is 31.2 Å². The Morgan fingerprint density at radius 3 is 2.94 bits per heavy atom. The van der Waals surface area contributed by atoms with Crippen LogP contribution in [0.3, 0.4) is 0 Å². The van der Waals surface area contributed by atoms with Gasteiger partial charge in [0.1, 0.15) is 17.0 Å². The molecule has 164 valence electrons. The van der Waals surface area contributed by atoms with Crippen LogP contribution in [0, 0.1) is 12.7 Å². The number of nitrogens with zero attached hydrogens (tertiary/aromatic N) is 5. The van der Waals surface area contributed by atoms with Crippen molar-refractivity contribution in [3.05, 3.63) is 83.5 Å². The Kier molecular flexibility index (Phi) is 4.32. The van der Waals surface area contributed by atoms with E-state index in [1.165, 1.54) is 18.2 Å². The van der Waals surface area contributed by atoms with Crippen LogP contribution in [-0.4, -0.2) is 42.3 Å². The lowest BCUT2D eigenvalue weighted by molar-refractivity contribution is 0.0635. The first-order valence-electron chi connectivity index (χ1n) is 10.4. The van der Waals surface area contributed by atoms with E-state index in [4.69, 9.17) is 8.83 Å². The van der Waals surface area contributed by atoms with Crippen molar-refractivity contribution in [2.45, 2.75) is 19.4 Å². The maximum Gasteiger partial charge on any atom is 0.292 e. The monoisotopic (exact) mass is 444 g/mol. The molecular weight excluding hydrogens is 427 g/mol. The minimum Gasteiger partial charge on any atom is -0.438 e. The quantitative estimate of drug-likeness (QED) is 0.450. The Morgan fingerprint density at radius 1 is 1.18 bits per heavy atom. The van der Waals surface area contributed by atoms with Gasteiger partial charge in [0.25, 0.3) is 5.91 Å². The second-order valence-electron chi connectivity index (χ2n) is 7.73. The molecule has 1 amide bonds. The van der Waals surface area contributed by atoms with Crippen molar-refractivity contribution in [3.8, 4) is 11.6 Å². The van der Waals surface area contributed by atoms with Crippen molar-refractivity contribution in [3.63, 3.8) is 0 Å². The van der Waals surface area contributed by atoms with Crippen molar-refractivity contribution in [2.24, 2.45) is 0 Å². The van der Waals surface area contributed by atoms with Gasteiger partial charge in [0.15, 0.2) is 11.6 Å². The summed E-state index contributed by atoms with van der Waals surface area (Å²) >= 11 is 0. The Bertz CT molecular complexity index is 1490. The summed E-state index contributed by atoms with van der Waals surface area (Å²) < 4.78 is 25.5. The van der Waals surface area contributed by atoms with Crippen LogP contribution in [0.1, 0.15) is 39.6 Å². The number of oxazole rings is 2. The van der Waals surface area contributed by atoms with Crippen molar-refractivity contribution in [1.82, 2.24) is 29.8 Å². The average molecular weight is 444 g/mol. The van der Waals surface area contributed by atoms with Gasteiger partial charge in [-0.25, -0.2) is 19.3 Å². The molecule has 4 aromatic heterocycles. The summed E-state index contributed by atoms with van der Waals surface area (Å²) in [7, 11) is 0.